The first-order chi connectivity index (χ1) is 14.7. The summed E-state index contributed by atoms with van der Waals surface area (Å²) < 4.78 is 11.1. The van der Waals surface area contributed by atoms with Crippen molar-refractivity contribution in [2.45, 2.75) is 30.4 Å². The van der Waals surface area contributed by atoms with Crippen LogP contribution in [0.2, 0.25) is 0 Å². The Balaban J connectivity index is 1.51. The SMILES string of the molecule is COc1ccccc1Cc1nc2ccccc2nc1SCC(=O)NCC1CCCO1. The zero-order valence-corrected chi connectivity index (χ0v) is 17.8. The lowest BCUT2D eigenvalue weighted by Crippen LogP contribution is -2.32. The number of hydrogen-bond acceptors (Lipinski definition) is 6. The first-order valence-corrected chi connectivity index (χ1v) is 11.1. The van der Waals surface area contributed by atoms with Crippen LogP contribution in [0.4, 0.5) is 0 Å². The molecule has 1 aliphatic heterocycles. The van der Waals surface area contributed by atoms with Crippen molar-refractivity contribution in [1.82, 2.24) is 15.3 Å². The number of hydrogen-bond donors (Lipinski definition) is 1. The van der Waals surface area contributed by atoms with Gasteiger partial charge in [-0.05, 0) is 31.0 Å². The van der Waals surface area contributed by atoms with E-state index in [9.17, 15) is 4.79 Å². The van der Waals surface area contributed by atoms with Gasteiger partial charge in [0.1, 0.15) is 10.8 Å². The predicted octanol–water partition coefficient (Wildman–Crippen LogP) is 3.62. The summed E-state index contributed by atoms with van der Waals surface area (Å²) in [5, 5.41) is 3.74. The van der Waals surface area contributed by atoms with Crippen LogP contribution in [0.1, 0.15) is 24.1 Å². The Morgan fingerprint density at radius 2 is 1.93 bits per heavy atom. The molecule has 4 rings (SSSR count). The van der Waals surface area contributed by atoms with Crippen LogP contribution in [0.5, 0.6) is 5.75 Å². The molecule has 1 N–H and O–H groups in total. The molecule has 156 valence electrons. The number of nitrogens with one attached hydrogen (secondary N) is 1. The highest BCUT2D eigenvalue weighted by Crippen LogP contribution is 2.27. The minimum Gasteiger partial charge on any atom is -0.496 e. The lowest BCUT2D eigenvalue weighted by molar-refractivity contribution is -0.119. The van der Waals surface area contributed by atoms with Crippen molar-refractivity contribution in [1.29, 1.82) is 0 Å². The normalized spacial score (nSPS) is 16.0. The van der Waals surface area contributed by atoms with E-state index in [0.717, 1.165) is 52.5 Å². The summed E-state index contributed by atoms with van der Waals surface area (Å²) in [5.41, 5.74) is 3.54. The predicted molar refractivity (Wildman–Crippen MR) is 118 cm³/mol. The smallest absolute Gasteiger partial charge is 0.230 e. The fourth-order valence-corrected chi connectivity index (χ4v) is 4.32. The molecule has 2 aromatic carbocycles. The summed E-state index contributed by atoms with van der Waals surface area (Å²) in [6.07, 6.45) is 2.79. The summed E-state index contributed by atoms with van der Waals surface area (Å²) in [4.78, 5) is 22.0. The van der Waals surface area contributed by atoms with E-state index in [1.807, 2.05) is 48.5 Å². The van der Waals surface area contributed by atoms with E-state index >= 15 is 0 Å². The number of ether oxygens (including phenoxy) is 2. The highest BCUT2D eigenvalue weighted by atomic mass is 32.2. The summed E-state index contributed by atoms with van der Waals surface area (Å²) in [7, 11) is 1.67. The summed E-state index contributed by atoms with van der Waals surface area (Å²) in [6, 6.07) is 15.7. The van der Waals surface area contributed by atoms with E-state index in [1.54, 1.807) is 7.11 Å². The van der Waals surface area contributed by atoms with Crippen molar-refractivity contribution in [2.75, 3.05) is 26.0 Å². The third kappa shape index (κ3) is 5.09. The molecule has 0 aliphatic carbocycles. The Morgan fingerprint density at radius 3 is 2.70 bits per heavy atom. The van der Waals surface area contributed by atoms with Crippen molar-refractivity contribution in [3.05, 3.63) is 59.8 Å². The molecule has 1 amide bonds. The van der Waals surface area contributed by atoms with Gasteiger partial charge >= 0.3 is 0 Å². The Labute approximate surface area is 180 Å². The van der Waals surface area contributed by atoms with Crippen LogP contribution in [-0.2, 0) is 16.0 Å². The topological polar surface area (TPSA) is 73.3 Å². The number of fused-ring (bicyclic) bond motifs is 1. The van der Waals surface area contributed by atoms with Crippen molar-refractivity contribution < 1.29 is 14.3 Å². The number of carbonyl (C=O) groups is 1. The van der Waals surface area contributed by atoms with Gasteiger partial charge in [0.25, 0.3) is 0 Å². The standard InChI is InChI=1S/C23H25N3O3S/c1-28-21-11-5-2-7-16(21)13-20-23(26-19-10-4-3-9-18(19)25-20)30-15-22(27)24-14-17-8-6-12-29-17/h2-5,7,9-11,17H,6,8,12-15H2,1H3,(H,24,27). The number of amides is 1. The van der Waals surface area contributed by atoms with Crippen molar-refractivity contribution in [3.63, 3.8) is 0 Å². The number of rotatable bonds is 8. The molecule has 1 unspecified atom stereocenters. The molecule has 6 nitrogen and oxygen atoms in total. The van der Waals surface area contributed by atoms with Crippen molar-refractivity contribution in [3.8, 4) is 5.75 Å². The largest absolute Gasteiger partial charge is 0.496 e. The highest BCUT2D eigenvalue weighted by molar-refractivity contribution is 7.99. The highest BCUT2D eigenvalue weighted by Gasteiger charge is 2.17. The molecule has 30 heavy (non-hydrogen) atoms. The molecule has 1 atom stereocenters. The molecule has 0 radical (unpaired) electrons. The van der Waals surface area contributed by atoms with Crippen LogP contribution in [0.25, 0.3) is 11.0 Å². The van der Waals surface area contributed by atoms with Gasteiger partial charge in [-0.15, -0.1) is 0 Å². The van der Waals surface area contributed by atoms with Gasteiger partial charge in [0, 0.05) is 25.1 Å². The third-order valence-electron chi connectivity index (χ3n) is 5.05. The van der Waals surface area contributed by atoms with Crippen LogP contribution >= 0.6 is 11.8 Å². The van der Waals surface area contributed by atoms with Crippen LogP contribution in [0.15, 0.2) is 53.6 Å². The number of methoxy groups -OCH3 is 1. The molecule has 3 aromatic rings. The Hall–Kier alpha value is -2.64. The second kappa shape index (κ2) is 9.91. The Kier molecular flexibility index (Phi) is 6.81. The number of thioether (sulfide) groups is 1. The molecule has 0 bridgehead atoms. The van der Waals surface area contributed by atoms with E-state index in [0.29, 0.717) is 18.7 Å². The molecule has 1 aliphatic rings. The van der Waals surface area contributed by atoms with E-state index in [-0.39, 0.29) is 12.0 Å². The summed E-state index contributed by atoms with van der Waals surface area (Å²) in [6.45, 7) is 1.35. The first-order valence-electron chi connectivity index (χ1n) is 10.1. The first kappa shape index (κ1) is 20.6. The third-order valence-corrected chi connectivity index (χ3v) is 6.05. The number of carbonyl (C=O) groups excluding carboxylic acids is 1. The quantitative estimate of drug-likeness (QED) is 0.558. The second-order valence-corrected chi connectivity index (χ2v) is 8.14. The molecule has 1 saturated heterocycles. The number of para-hydroxylation sites is 3. The average Bonchev–Trinajstić information content (AvgIpc) is 3.30. The number of nitrogens with zero attached hydrogens (tertiary/aromatic N) is 2. The summed E-state index contributed by atoms with van der Waals surface area (Å²) >= 11 is 1.42. The fourth-order valence-electron chi connectivity index (χ4n) is 3.50. The van der Waals surface area contributed by atoms with E-state index in [2.05, 4.69) is 5.32 Å². The Morgan fingerprint density at radius 1 is 1.17 bits per heavy atom. The maximum Gasteiger partial charge on any atom is 0.230 e. The van der Waals surface area contributed by atoms with Crippen LogP contribution in [-0.4, -0.2) is 48.0 Å². The lowest BCUT2D eigenvalue weighted by atomic mass is 10.1. The van der Waals surface area contributed by atoms with Gasteiger partial charge in [0.2, 0.25) is 5.91 Å². The van der Waals surface area contributed by atoms with Crippen molar-refractivity contribution >= 4 is 28.7 Å². The Bertz CT molecular complexity index is 1020. The molecular formula is C23H25N3O3S. The zero-order valence-electron chi connectivity index (χ0n) is 17.0. The molecule has 7 heteroatoms. The maximum absolute atomic E-state index is 12.4. The van der Waals surface area contributed by atoms with Gasteiger partial charge in [-0.1, -0.05) is 42.1 Å². The van der Waals surface area contributed by atoms with Crippen LogP contribution < -0.4 is 10.1 Å². The van der Waals surface area contributed by atoms with Crippen LogP contribution in [0.3, 0.4) is 0 Å². The summed E-state index contributed by atoms with van der Waals surface area (Å²) in [5.74, 6) is 1.09. The molecule has 0 spiro atoms. The lowest BCUT2D eigenvalue weighted by Gasteiger charge is -2.13. The fraction of sp³-hybridized carbons (Fsp3) is 0.348. The minimum absolute atomic E-state index is 0.0197. The second-order valence-electron chi connectivity index (χ2n) is 7.18. The van der Waals surface area contributed by atoms with Gasteiger partial charge in [-0.25, -0.2) is 9.97 Å². The van der Waals surface area contributed by atoms with Gasteiger partial charge in [-0.3, -0.25) is 4.79 Å². The van der Waals surface area contributed by atoms with E-state index in [4.69, 9.17) is 19.4 Å². The van der Waals surface area contributed by atoms with E-state index in [1.165, 1.54) is 11.8 Å². The minimum atomic E-state index is -0.0197. The van der Waals surface area contributed by atoms with Crippen LogP contribution in [0, 0.1) is 0 Å². The number of aromatic nitrogens is 2. The molecule has 1 fully saturated rings. The monoisotopic (exact) mass is 423 g/mol. The molecule has 2 heterocycles. The molecule has 0 saturated carbocycles. The van der Waals surface area contributed by atoms with Gasteiger partial charge < -0.3 is 14.8 Å². The van der Waals surface area contributed by atoms with Crippen molar-refractivity contribution in [2.24, 2.45) is 0 Å². The molecular weight excluding hydrogens is 398 g/mol. The van der Waals surface area contributed by atoms with Gasteiger partial charge in [0.15, 0.2) is 0 Å². The molecule has 1 aromatic heterocycles. The number of benzene rings is 2. The van der Waals surface area contributed by atoms with E-state index < -0.39 is 0 Å². The zero-order chi connectivity index (χ0) is 20.8. The van der Waals surface area contributed by atoms with Gasteiger partial charge in [0.05, 0.1) is 35.7 Å². The van der Waals surface area contributed by atoms with Gasteiger partial charge in [-0.2, -0.15) is 0 Å². The average molecular weight is 424 g/mol. The maximum atomic E-state index is 12.4.